The zero-order valence-electron chi connectivity index (χ0n) is 15.0. The Morgan fingerprint density at radius 1 is 1.40 bits per heavy atom. The van der Waals surface area contributed by atoms with Crippen molar-refractivity contribution >= 4 is 41.5 Å². The monoisotopic (exact) mass is 463 g/mol. The van der Waals surface area contributed by atoms with E-state index in [1.165, 1.54) is 11.0 Å². The number of nitrogens with one attached hydrogen (secondary N) is 2. The fourth-order valence-corrected chi connectivity index (χ4v) is 2.73. The molecule has 2 N–H and O–H groups in total. The largest absolute Gasteiger partial charge is 0.367 e. The number of amides is 1. The lowest BCUT2D eigenvalue weighted by molar-refractivity contribution is -0.127. The number of carbonyl (C=O) groups excluding carboxylic acids is 1. The van der Waals surface area contributed by atoms with Crippen LogP contribution in [0.15, 0.2) is 29.3 Å². The van der Waals surface area contributed by atoms with Crippen LogP contribution in [0.5, 0.6) is 0 Å². The van der Waals surface area contributed by atoms with E-state index in [4.69, 9.17) is 0 Å². The number of likely N-dealkylation sites (N-methyl/N-ethyl adjacent to an activating group) is 1. The first-order chi connectivity index (χ1) is 11.5. The van der Waals surface area contributed by atoms with Crippen LogP contribution in [-0.4, -0.2) is 63.6 Å². The van der Waals surface area contributed by atoms with E-state index in [2.05, 4.69) is 20.5 Å². The van der Waals surface area contributed by atoms with Crippen LogP contribution in [0.2, 0.25) is 0 Å². The van der Waals surface area contributed by atoms with Gasteiger partial charge in [0.05, 0.1) is 12.2 Å². The van der Waals surface area contributed by atoms with Gasteiger partial charge in [-0.25, -0.2) is 4.39 Å². The first-order valence-electron chi connectivity index (χ1n) is 8.18. The second-order valence-electron chi connectivity index (χ2n) is 6.09. The summed E-state index contributed by atoms with van der Waals surface area (Å²) >= 11 is 0. The maximum Gasteiger partial charge on any atom is 0.241 e. The molecule has 6 nitrogen and oxygen atoms in total. The lowest BCUT2D eigenvalue weighted by atomic mass is 10.0. The molecule has 0 bridgehead atoms. The highest BCUT2D eigenvalue weighted by molar-refractivity contribution is 14.0. The topological polar surface area (TPSA) is 60.0 Å². The van der Waals surface area contributed by atoms with Crippen molar-refractivity contribution < 1.29 is 9.18 Å². The third kappa shape index (κ3) is 6.33. The molecule has 8 heteroatoms. The average molecular weight is 463 g/mol. The van der Waals surface area contributed by atoms with Crippen LogP contribution in [0, 0.1) is 5.82 Å². The summed E-state index contributed by atoms with van der Waals surface area (Å²) in [6.45, 7) is 1.73. The van der Waals surface area contributed by atoms with Crippen molar-refractivity contribution in [1.82, 2.24) is 15.5 Å². The van der Waals surface area contributed by atoms with Gasteiger partial charge < -0.3 is 20.4 Å². The molecule has 1 heterocycles. The van der Waals surface area contributed by atoms with Gasteiger partial charge in [0.2, 0.25) is 5.91 Å². The van der Waals surface area contributed by atoms with Gasteiger partial charge in [-0.3, -0.25) is 9.79 Å². The van der Waals surface area contributed by atoms with Gasteiger partial charge in [0.25, 0.3) is 0 Å². The lowest BCUT2D eigenvalue weighted by Gasteiger charge is -2.35. The van der Waals surface area contributed by atoms with E-state index in [1.807, 2.05) is 6.07 Å². The lowest BCUT2D eigenvalue weighted by Crippen LogP contribution is -2.52. The number of carbonyl (C=O) groups is 1. The SMILES string of the molecule is CN=C(NCC(=O)N(C)C)NC1CCCN(c2ccccc2F)C1.I. The van der Waals surface area contributed by atoms with Crippen molar-refractivity contribution in [2.45, 2.75) is 18.9 Å². The molecule has 0 radical (unpaired) electrons. The molecule has 1 aliphatic rings. The number of anilines is 1. The molecule has 25 heavy (non-hydrogen) atoms. The molecule has 1 amide bonds. The summed E-state index contributed by atoms with van der Waals surface area (Å²) in [5.74, 6) is 0.373. The average Bonchev–Trinajstić information content (AvgIpc) is 2.58. The van der Waals surface area contributed by atoms with Crippen LogP contribution in [0.1, 0.15) is 12.8 Å². The minimum absolute atomic E-state index is 0. The Labute approximate surface area is 165 Å². The standard InChI is InChI=1S/C17H26FN5O.HI/c1-19-17(20-11-16(24)22(2)3)21-13-7-6-10-23(12-13)15-9-5-4-8-14(15)18;/h4-5,8-9,13H,6-7,10-12H2,1-3H3,(H2,19,20,21);1H. The molecule has 1 atom stereocenters. The van der Waals surface area contributed by atoms with Crippen molar-refractivity contribution in [3.8, 4) is 0 Å². The highest BCUT2D eigenvalue weighted by Crippen LogP contribution is 2.22. The summed E-state index contributed by atoms with van der Waals surface area (Å²) in [5.41, 5.74) is 0.634. The fraction of sp³-hybridized carbons (Fsp3) is 0.529. The Bertz CT molecular complexity index is 596. The van der Waals surface area contributed by atoms with E-state index >= 15 is 0 Å². The molecule has 0 saturated carbocycles. The van der Waals surface area contributed by atoms with Crippen molar-refractivity contribution in [1.29, 1.82) is 0 Å². The predicted molar refractivity (Wildman–Crippen MR) is 110 cm³/mol. The van der Waals surface area contributed by atoms with E-state index in [0.29, 0.717) is 18.2 Å². The highest BCUT2D eigenvalue weighted by Gasteiger charge is 2.22. The number of aliphatic imine (C=N–C) groups is 1. The first-order valence-corrected chi connectivity index (χ1v) is 8.18. The number of para-hydroxylation sites is 1. The summed E-state index contributed by atoms with van der Waals surface area (Å²) < 4.78 is 14.0. The van der Waals surface area contributed by atoms with Gasteiger partial charge in [-0.1, -0.05) is 12.1 Å². The zero-order valence-corrected chi connectivity index (χ0v) is 17.3. The molecule has 140 valence electrons. The number of guanidine groups is 1. The minimum atomic E-state index is -0.197. The van der Waals surface area contributed by atoms with E-state index in [9.17, 15) is 9.18 Å². The molecular formula is C17H27FIN5O. The van der Waals surface area contributed by atoms with E-state index in [1.54, 1.807) is 33.3 Å². The Kier molecular flexibility index (Phi) is 8.95. The van der Waals surface area contributed by atoms with Gasteiger partial charge in [0.1, 0.15) is 5.82 Å². The van der Waals surface area contributed by atoms with Crippen molar-refractivity contribution in [2.75, 3.05) is 45.7 Å². The third-order valence-electron chi connectivity index (χ3n) is 4.08. The fourth-order valence-electron chi connectivity index (χ4n) is 2.73. The molecule has 1 unspecified atom stereocenters. The van der Waals surface area contributed by atoms with Crippen molar-refractivity contribution in [2.24, 2.45) is 4.99 Å². The maximum absolute atomic E-state index is 14.0. The Morgan fingerprint density at radius 2 is 2.12 bits per heavy atom. The molecule has 1 fully saturated rings. The smallest absolute Gasteiger partial charge is 0.241 e. The first kappa shape index (κ1) is 21.5. The van der Waals surface area contributed by atoms with Gasteiger partial charge in [0, 0.05) is 40.3 Å². The van der Waals surface area contributed by atoms with Crippen LogP contribution < -0.4 is 15.5 Å². The van der Waals surface area contributed by atoms with Gasteiger partial charge in [0.15, 0.2) is 5.96 Å². The Balaban J connectivity index is 0.00000312. The molecule has 1 aromatic rings. The van der Waals surface area contributed by atoms with Crippen molar-refractivity contribution in [3.05, 3.63) is 30.1 Å². The number of benzene rings is 1. The summed E-state index contributed by atoms with van der Waals surface area (Å²) in [5, 5.41) is 6.34. The van der Waals surface area contributed by atoms with Crippen molar-refractivity contribution in [3.63, 3.8) is 0 Å². The van der Waals surface area contributed by atoms with Gasteiger partial charge in [-0.2, -0.15) is 0 Å². The molecule has 1 aromatic carbocycles. The van der Waals surface area contributed by atoms with E-state index in [-0.39, 0.29) is 48.3 Å². The normalized spacial score (nSPS) is 17.5. The van der Waals surface area contributed by atoms with Crippen LogP contribution in [-0.2, 0) is 4.79 Å². The van der Waals surface area contributed by atoms with Crippen LogP contribution in [0.3, 0.4) is 0 Å². The quantitative estimate of drug-likeness (QED) is 0.405. The number of piperidine rings is 1. The summed E-state index contributed by atoms with van der Waals surface area (Å²) in [6, 6.07) is 6.99. The Hall–Kier alpha value is -1.58. The summed E-state index contributed by atoms with van der Waals surface area (Å²) in [4.78, 5) is 19.4. The zero-order chi connectivity index (χ0) is 17.5. The Morgan fingerprint density at radius 3 is 2.76 bits per heavy atom. The van der Waals surface area contributed by atoms with E-state index in [0.717, 1.165) is 19.4 Å². The molecule has 1 saturated heterocycles. The van der Waals surface area contributed by atoms with Crippen LogP contribution in [0.25, 0.3) is 0 Å². The molecule has 1 aliphatic heterocycles. The number of hydrogen-bond acceptors (Lipinski definition) is 3. The van der Waals surface area contributed by atoms with Crippen LogP contribution in [0.4, 0.5) is 10.1 Å². The van der Waals surface area contributed by atoms with Crippen LogP contribution >= 0.6 is 24.0 Å². The van der Waals surface area contributed by atoms with Gasteiger partial charge in [-0.15, -0.1) is 24.0 Å². The number of rotatable bonds is 4. The molecule has 0 spiro atoms. The number of halogens is 2. The molecule has 0 aromatic heterocycles. The third-order valence-corrected chi connectivity index (χ3v) is 4.08. The number of nitrogens with zero attached hydrogens (tertiary/aromatic N) is 3. The summed E-state index contributed by atoms with van der Waals surface area (Å²) in [6.07, 6.45) is 1.95. The minimum Gasteiger partial charge on any atom is -0.367 e. The second kappa shape index (κ2) is 10.4. The maximum atomic E-state index is 14.0. The van der Waals surface area contributed by atoms with E-state index < -0.39 is 0 Å². The molecule has 2 rings (SSSR count). The summed E-state index contributed by atoms with van der Waals surface area (Å²) in [7, 11) is 5.11. The number of hydrogen-bond donors (Lipinski definition) is 2. The predicted octanol–water partition coefficient (Wildman–Crippen LogP) is 1.67. The van der Waals surface area contributed by atoms with Gasteiger partial charge >= 0.3 is 0 Å². The molecular weight excluding hydrogens is 436 g/mol. The highest BCUT2D eigenvalue weighted by atomic mass is 127. The van der Waals surface area contributed by atoms with Gasteiger partial charge in [-0.05, 0) is 25.0 Å². The second-order valence-corrected chi connectivity index (χ2v) is 6.09. The molecule has 0 aliphatic carbocycles.